The van der Waals surface area contributed by atoms with E-state index in [0.717, 1.165) is 44.1 Å². The first-order valence-corrected chi connectivity index (χ1v) is 8.27. The van der Waals surface area contributed by atoms with E-state index in [1.54, 1.807) is 0 Å². The molecular weight excluding hydrogens is 256 g/mol. The molecule has 0 saturated carbocycles. The van der Waals surface area contributed by atoms with Crippen LogP contribution in [0.2, 0.25) is 0 Å². The van der Waals surface area contributed by atoms with Crippen molar-refractivity contribution in [1.29, 1.82) is 0 Å². The Bertz CT molecular complexity index is 435. The summed E-state index contributed by atoms with van der Waals surface area (Å²) < 4.78 is 0. The zero-order valence-electron chi connectivity index (χ0n) is 14.3. The van der Waals surface area contributed by atoms with E-state index in [0.29, 0.717) is 5.92 Å². The van der Waals surface area contributed by atoms with Crippen LogP contribution in [0.5, 0.6) is 0 Å². The van der Waals surface area contributed by atoms with Gasteiger partial charge >= 0.3 is 0 Å². The summed E-state index contributed by atoms with van der Waals surface area (Å²) in [5.41, 5.74) is 5.25. The Kier molecular flexibility index (Phi) is 7.74. The van der Waals surface area contributed by atoms with Crippen LogP contribution in [0.4, 0.5) is 0 Å². The molecule has 1 N–H and O–H groups in total. The molecule has 1 nitrogen and oxygen atoms in total. The molecule has 0 heterocycles. The van der Waals surface area contributed by atoms with Crippen LogP contribution in [0.3, 0.4) is 0 Å². The lowest BCUT2D eigenvalue weighted by molar-refractivity contribution is 0.197. The van der Waals surface area contributed by atoms with Gasteiger partial charge in [-0.05, 0) is 63.9 Å². The van der Waals surface area contributed by atoms with Crippen LogP contribution in [0.15, 0.2) is 47.1 Å². The normalized spacial score (nSPS) is 30.7. The second-order valence-electron chi connectivity index (χ2n) is 6.71. The Hall–Kier alpha value is -1.08. The predicted octanol–water partition coefficient (Wildman–Crippen LogP) is 5.73. The lowest BCUT2D eigenvalue weighted by Crippen LogP contribution is -2.10. The highest BCUT2D eigenvalue weighted by molar-refractivity contribution is 5.20. The summed E-state index contributed by atoms with van der Waals surface area (Å²) in [6.45, 7) is 12.9. The van der Waals surface area contributed by atoms with Crippen molar-refractivity contribution in [2.75, 3.05) is 0 Å². The van der Waals surface area contributed by atoms with Gasteiger partial charge < -0.3 is 5.11 Å². The fraction of sp³-hybridized carbons (Fsp3) is 0.600. The molecule has 0 amide bonds. The number of aliphatic hydroxyl groups is 1. The highest BCUT2D eigenvalue weighted by Gasteiger charge is 2.11. The van der Waals surface area contributed by atoms with E-state index in [-0.39, 0.29) is 6.10 Å². The molecule has 0 radical (unpaired) electrons. The van der Waals surface area contributed by atoms with Gasteiger partial charge in [0.05, 0.1) is 6.10 Å². The van der Waals surface area contributed by atoms with Crippen molar-refractivity contribution in [3.63, 3.8) is 0 Å². The van der Waals surface area contributed by atoms with Gasteiger partial charge in [0.25, 0.3) is 0 Å². The smallest absolute Gasteiger partial charge is 0.0750 e. The van der Waals surface area contributed by atoms with Crippen LogP contribution in [0.1, 0.15) is 66.2 Å². The molecule has 118 valence electrons. The molecule has 21 heavy (non-hydrogen) atoms. The summed E-state index contributed by atoms with van der Waals surface area (Å²) in [5.74, 6) is 0.550. The van der Waals surface area contributed by atoms with E-state index < -0.39 is 0 Å². The summed E-state index contributed by atoms with van der Waals surface area (Å²) in [5, 5.41) is 10.2. The highest BCUT2D eigenvalue weighted by atomic mass is 16.3. The zero-order chi connectivity index (χ0) is 15.8. The van der Waals surface area contributed by atoms with Crippen molar-refractivity contribution in [3.05, 3.63) is 47.1 Å². The quantitative estimate of drug-likeness (QED) is 0.611. The maximum atomic E-state index is 10.2. The number of allylic oxidation sites excluding steroid dienone is 6. The summed E-state index contributed by atoms with van der Waals surface area (Å²) in [4.78, 5) is 0. The van der Waals surface area contributed by atoms with Crippen LogP contribution in [0, 0.1) is 5.92 Å². The minimum atomic E-state index is -0.359. The third-order valence-corrected chi connectivity index (χ3v) is 4.37. The van der Waals surface area contributed by atoms with Crippen LogP contribution in [-0.4, -0.2) is 11.2 Å². The molecule has 1 rings (SSSR count). The lowest BCUT2D eigenvalue weighted by atomic mass is 9.92. The first-order chi connectivity index (χ1) is 9.90. The van der Waals surface area contributed by atoms with Gasteiger partial charge in [0.2, 0.25) is 0 Å². The molecular formula is C20H32O. The van der Waals surface area contributed by atoms with Crippen LogP contribution in [0.25, 0.3) is 0 Å². The number of aliphatic hydroxyl groups excluding tert-OH is 1. The van der Waals surface area contributed by atoms with Crippen LogP contribution >= 0.6 is 0 Å². The summed E-state index contributed by atoms with van der Waals surface area (Å²) in [6, 6.07) is 0. The molecule has 1 atom stereocenters. The minimum Gasteiger partial charge on any atom is -0.389 e. The molecule has 0 aliphatic heterocycles. The largest absolute Gasteiger partial charge is 0.389 e. The summed E-state index contributed by atoms with van der Waals surface area (Å²) in [7, 11) is 0. The Morgan fingerprint density at radius 3 is 2.43 bits per heavy atom. The molecule has 1 aliphatic carbocycles. The van der Waals surface area contributed by atoms with Crippen molar-refractivity contribution in [2.45, 2.75) is 72.3 Å². The second-order valence-corrected chi connectivity index (χ2v) is 6.71. The Morgan fingerprint density at radius 2 is 1.76 bits per heavy atom. The van der Waals surface area contributed by atoms with Gasteiger partial charge in [-0.25, -0.2) is 0 Å². The fourth-order valence-electron chi connectivity index (χ4n) is 2.59. The van der Waals surface area contributed by atoms with Crippen molar-refractivity contribution >= 4 is 0 Å². The Labute approximate surface area is 131 Å². The average molecular weight is 288 g/mol. The summed E-state index contributed by atoms with van der Waals surface area (Å²) in [6.07, 6.45) is 12.4. The van der Waals surface area contributed by atoms with E-state index in [1.165, 1.54) is 16.7 Å². The molecule has 0 aromatic carbocycles. The van der Waals surface area contributed by atoms with Gasteiger partial charge in [-0.15, -0.1) is 0 Å². The minimum absolute atomic E-state index is 0.359. The molecule has 0 aromatic rings. The van der Waals surface area contributed by atoms with Gasteiger partial charge in [0.1, 0.15) is 0 Å². The molecule has 0 bridgehead atoms. The van der Waals surface area contributed by atoms with Gasteiger partial charge in [0.15, 0.2) is 0 Å². The third kappa shape index (κ3) is 6.95. The molecule has 0 saturated heterocycles. The Balaban J connectivity index is 2.90. The molecule has 1 aliphatic rings. The van der Waals surface area contributed by atoms with Crippen molar-refractivity contribution in [2.24, 2.45) is 5.92 Å². The van der Waals surface area contributed by atoms with E-state index >= 15 is 0 Å². The second kappa shape index (κ2) is 9.04. The van der Waals surface area contributed by atoms with Crippen molar-refractivity contribution < 1.29 is 5.11 Å². The SMILES string of the molecule is C=C1CC/C(C(C)C)=C\C=C(/C)CC/C=C(\C)CC[C@H]1O. The number of hydrogen-bond donors (Lipinski definition) is 1. The van der Waals surface area contributed by atoms with Gasteiger partial charge in [-0.3, -0.25) is 0 Å². The maximum absolute atomic E-state index is 10.2. The standard InChI is InChI=1S/C20H32O/c1-15(2)19-12-9-16(3)7-6-8-17(4)10-14-20(21)18(5)11-13-19/h8-9,12,15,20-21H,5-7,10-11,13-14H2,1-4H3/b16-9+,17-8+,19-12+/t20-/m1/s1. The van der Waals surface area contributed by atoms with E-state index in [4.69, 9.17) is 0 Å². The maximum Gasteiger partial charge on any atom is 0.0750 e. The lowest BCUT2D eigenvalue weighted by Gasteiger charge is -2.17. The van der Waals surface area contributed by atoms with E-state index in [9.17, 15) is 5.11 Å². The summed E-state index contributed by atoms with van der Waals surface area (Å²) >= 11 is 0. The van der Waals surface area contributed by atoms with Crippen molar-refractivity contribution in [1.82, 2.24) is 0 Å². The highest BCUT2D eigenvalue weighted by Crippen LogP contribution is 2.23. The monoisotopic (exact) mass is 288 g/mol. The third-order valence-electron chi connectivity index (χ3n) is 4.37. The van der Waals surface area contributed by atoms with Crippen molar-refractivity contribution in [3.8, 4) is 0 Å². The molecule has 0 unspecified atom stereocenters. The van der Waals surface area contributed by atoms with E-state index in [2.05, 4.69) is 52.5 Å². The average Bonchev–Trinajstić information content (AvgIpc) is 2.43. The molecule has 0 aromatic heterocycles. The fourth-order valence-corrected chi connectivity index (χ4v) is 2.59. The first kappa shape index (κ1) is 18.0. The number of hydrogen-bond acceptors (Lipinski definition) is 1. The van der Waals surface area contributed by atoms with Gasteiger partial charge in [-0.1, -0.05) is 55.4 Å². The van der Waals surface area contributed by atoms with Gasteiger partial charge in [-0.2, -0.15) is 0 Å². The predicted molar refractivity (Wildman–Crippen MR) is 93.3 cm³/mol. The van der Waals surface area contributed by atoms with Crippen LogP contribution < -0.4 is 0 Å². The first-order valence-electron chi connectivity index (χ1n) is 8.27. The molecule has 1 heteroatoms. The zero-order valence-corrected chi connectivity index (χ0v) is 14.3. The molecule has 0 spiro atoms. The van der Waals surface area contributed by atoms with Gasteiger partial charge in [0, 0.05) is 0 Å². The molecule has 0 fully saturated rings. The van der Waals surface area contributed by atoms with E-state index in [1.807, 2.05) is 0 Å². The van der Waals surface area contributed by atoms with Crippen LogP contribution in [-0.2, 0) is 0 Å². The Morgan fingerprint density at radius 1 is 1.05 bits per heavy atom. The topological polar surface area (TPSA) is 20.2 Å². The number of rotatable bonds is 1.